The maximum Gasteiger partial charge on any atom is 0.243 e. The molecule has 41 heavy (non-hydrogen) atoms. The van der Waals surface area contributed by atoms with E-state index in [4.69, 9.17) is 11.6 Å². The zero-order valence-corrected chi connectivity index (χ0v) is 27.0. The van der Waals surface area contributed by atoms with Crippen LogP contribution in [0.15, 0.2) is 29.2 Å². The van der Waals surface area contributed by atoms with Gasteiger partial charge in [-0.2, -0.15) is 4.31 Å². The number of piperidine rings is 2. The molecule has 3 saturated heterocycles. The first kappa shape index (κ1) is 31.3. The highest BCUT2D eigenvalue weighted by Crippen LogP contribution is 2.53. The molecule has 1 aromatic rings. The van der Waals surface area contributed by atoms with Crippen LogP contribution in [-0.4, -0.2) is 72.2 Å². The van der Waals surface area contributed by atoms with E-state index >= 15 is 0 Å². The lowest BCUT2D eigenvalue weighted by atomic mass is 9.80. The van der Waals surface area contributed by atoms with Crippen LogP contribution in [-0.2, 0) is 14.8 Å². The standard InChI is InChI=1S/C33H52ClN3O3S/c1-3-9-28-10-7-11-29(37(28)41(39,40)30-15-13-27(34)14-16-30)12-8-18-32(20-21-32)25-31(38)35-23-24-36-22-6-5-19-33(36,26-35)17-4-2/h13-16,28-29H,3-12,17-26H2,1-2H3. The van der Waals surface area contributed by atoms with E-state index in [0.717, 1.165) is 83.8 Å². The molecule has 0 aromatic heterocycles. The molecule has 8 heteroatoms. The molecule has 3 atom stereocenters. The number of amides is 1. The van der Waals surface area contributed by atoms with Crippen molar-refractivity contribution in [3.8, 4) is 0 Å². The van der Waals surface area contributed by atoms with Crippen molar-refractivity contribution in [3.63, 3.8) is 0 Å². The van der Waals surface area contributed by atoms with Crippen molar-refractivity contribution in [1.29, 1.82) is 0 Å². The smallest absolute Gasteiger partial charge is 0.243 e. The molecule has 0 spiro atoms. The second kappa shape index (κ2) is 13.2. The van der Waals surface area contributed by atoms with Gasteiger partial charge in [0.05, 0.1) is 4.90 Å². The third kappa shape index (κ3) is 6.99. The summed E-state index contributed by atoms with van der Waals surface area (Å²) in [6.07, 6.45) is 16.8. The quantitative estimate of drug-likeness (QED) is 0.252. The predicted molar refractivity (Wildman–Crippen MR) is 167 cm³/mol. The van der Waals surface area contributed by atoms with Gasteiger partial charge in [0.15, 0.2) is 0 Å². The Morgan fingerprint density at radius 3 is 2.32 bits per heavy atom. The van der Waals surface area contributed by atoms with Crippen LogP contribution in [0.3, 0.4) is 0 Å². The minimum Gasteiger partial charge on any atom is -0.340 e. The Balaban J connectivity index is 1.20. The second-order valence-corrected chi connectivity index (χ2v) is 15.9. The maximum absolute atomic E-state index is 13.9. The molecule has 1 amide bonds. The molecular formula is C33H52ClN3O3S. The average Bonchev–Trinajstić information content (AvgIpc) is 3.72. The average molecular weight is 606 g/mol. The topological polar surface area (TPSA) is 60.9 Å². The Hall–Kier alpha value is -1.15. The first-order valence-electron chi connectivity index (χ1n) is 16.5. The first-order chi connectivity index (χ1) is 19.7. The molecule has 1 aliphatic carbocycles. The molecule has 1 aromatic carbocycles. The summed E-state index contributed by atoms with van der Waals surface area (Å²) >= 11 is 6.07. The van der Waals surface area contributed by atoms with Crippen LogP contribution in [0.25, 0.3) is 0 Å². The van der Waals surface area contributed by atoms with E-state index in [1.165, 1.54) is 38.6 Å². The predicted octanol–water partition coefficient (Wildman–Crippen LogP) is 7.26. The normalized spacial score (nSPS) is 28.8. The van der Waals surface area contributed by atoms with Crippen LogP contribution in [0.2, 0.25) is 5.02 Å². The summed E-state index contributed by atoms with van der Waals surface area (Å²) < 4.78 is 29.6. The molecule has 4 fully saturated rings. The highest BCUT2D eigenvalue weighted by atomic mass is 35.5. The number of carbonyl (C=O) groups excluding carboxylic acids is 1. The monoisotopic (exact) mass is 605 g/mol. The van der Waals surface area contributed by atoms with Crippen molar-refractivity contribution in [1.82, 2.24) is 14.1 Å². The summed E-state index contributed by atoms with van der Waals surface area (Å²) in [4.78, 5) is 18.9. The molecular weight excluding hydrogens is 554 g/mol. The van der Waals surface area contributed by atoms with E-state index < -0.39 is 10.0 Å². The third-order valence-corrected chi connectivity index (χ3v) is 13.0. The molecule has 0 N–H and O–H groups in total. The van der Waals surface area contributed by atoms with Crippen molar-refractivity contribution < 1.29 is 13.2 Å². The van der Waals surface area contributed by atoms with Gasteiger partial charge in [-0.15, -0.1) is 0 Å². The van der Waals surface area contributed by atoms with Gasteiger partial charge in [0.1, 0.15) is 0 Å². The van der Waals surface area contributed by atoms with Gasteiger partial charge < -0.3 is 4.90 Å². The van der Waals surface area contributed by atoms with Crippen LogP contribution in [0.1, 0.15) is 117 Å². The summed E-state index contributed by atoms with van der Waals surface area (Å²) in [5.41, 5.74) is 0.336. The zero-order valence-electron chi connectivity index (χ0n) is 25.5. The second-order valence-electron chi connectivity index (χ2n) is 13.6. The van der Waals surface area contributed by atoms with Gasteiger partial charge in [0.2, 0.25) is 15.9 Å². The van der Waals surface area contributed by atoms with E-state index in [0.29, 0.717) is 22.2 Å². The van der Waals surface area contributed by atoms with Crippen molar-refractivity contribution >= 4 is 27.5 Å². The highest BCUT2D eigenvalue weighted by molar-refractivity contribution is 7.89. The molecule has 1 saturated carbocycles. The number of hydrogen-bond acceptors (Lipinski definition) is 4. The van der Waals surface area contributed by atoms with Gasteiger partial charge >= 0.3 is 0 Å². The van der Waals surface area contributed by atoms with Crippen LogP contribution < -0.4 is 0 Å². The highest BCUT2D eigenvalue weighted by Gasteiger charge is 2.48. The van der Waals surface area contributed by atoms with Crippen molar-refractivity contribution in [2.45, 2.75) is 139 Å². The van der Waals surface area contributed by atoms with Crippen LogP contribution in [0.4, 0.5) is 0 Å². The molecule has 0 bridgehead atoms. The fourth-order valence-corrected chi connectivity index (χ4v) is 10.4. The third-order valence-electron chi connectivity index (χ3n) is 10.7. The number of fused-ring (bicyclic) bond motifs is 1. The largest absolute Gasteiger partial charge is 0.340 e. The minimum atomic E-state index is -3.59. The molecule has 3 heterocycles. The number of piperazine rings is 1. The Labute approximate surface area is 254 Å². The van der Waals surface area contributed by atoms with Crippen LogP contribution in [0, 0.1) is 5.41 Å². The van der Waals surface area contributed by atoms with Crippen LogP contribution >= 0.6 is 11.6 Å². The van der Waals surface area contributed by atoms with Crippen molar-refractivity contribution in [2.75, 3.05) is 26.2 Å². The molecule has 4 aliphatic rings. The first-order valence-corrected chi connectivity index (χ1v) is 18.4. The van der Waals surface area contributed by atoms with Gasteiger partial charge in [0, 0.05) is 48.7 Å². The lowest BCUT2D eigenvalue weighted by Gasteiger charge is -2.54. The van der Waals surface area contributed by atoms with Gasteiger partial charge in [0.25, 0.3) is 0 Å². The Morgan fingerprint density at radius 1 is 0.902 bits per heavy atom. The maximum atomic E-state index is 13.9. The Morgan fingerprint density at radius 2 is 1.63 bits per heavy atom. The van der Waals surface area contributed by atoms with E-state index in [1.807, 2.05) is 4.31 Å². The van der Waals surface area contributed by atoms with Gasteiger partial charge in [-0.25, -0.2) is 8.42 Å². The number of hydrogen-bond donors (Lipinski definition) is 0. The molecule has 3 unspecified atom stereocenters. The number of carbonyl (C=O) groups is 1. The summed E-state index contributed by atoms with van der Waals surface area (Å²) in [6, 6.07) is 6.73. The van der Waals surface area contributed by atoms with E-state index in [9.17, 15) is 13.2 Å². The van der Waals surface area contributed by atoms with Gasteiger partial charge in [-0.05, 0) is 100 Å². The zero-order chi connectivity index (χ0) is 29.1. The summed E-state index contributed by atoms with van der Waals surface area (Å²) in [5.74, 6) is 0.357. The summed E-state index contributed by atoms with van der Waals surface area (Å²) in [5, 5.41) is 0.551. The van der Waals surface area contributed by atoms with E-state index in [2.05, 4.69) is 23.6 Å². The van der Waals surface area contributed by atoms with E-state index in [-0.39, 0.29) is 23.0 Å². The Bertz CT molecular complexity index is 1130. The molecule has 5 rings (SSSR count). The minimum absolute atomic E-state index is 0.0285. The summed E-state index contributed by atoms with van der Waals surface area (Å²) in [6.45, 7) is 8.42. The fraction of sp³-hybridized carbons (Fsp3) is 0.788. The number of sulfonamides is 1. The number of rotatable bonds is 12. The van der Waals surface area contributed by atoms with Crippen molar-refractivity contribution in [2.24, 2.45) is 5.41 Å². The molecule has 3 aliphatic heterocycles. The number of nitrogens with zero attached hydrogens (tertiary/aromatic N) is 3. The SMILES string of the molecule is CCCC1CCCC(CCCC2(CC(=O)N3CCN4CCCCC4(CCC)C3)CC2)N1S(=O)(=O)c1ccc(Cl)cc1. The lowest BCUT2D eigenvalue weighted by molar-refractivity contribution is -0.140. The van der Waals surface area contributed by atoms with Crippen molar-refractivity contribution in [3.05, 3.63) is 29.3 Å². The van der Waals surface area contributed by atoms with Gasteiger partial charge in [-0.1, -0.05) is 57.6 Å². The van der Waals surface area contributed by atoms with E-state index in [1.54, 1.807) is 24.3 Å². The van der Waals surface area contributed by atoms with Gasteiger partial charge in [-0.3, -0.25) is 9.69 Å². The lowest BCUT2D eigenvalue weighted by Crippen LogP contribution is -2.64. The van der Waals surface area contributed by atoms with Crippen LogP contribution in [0.5, 0.6) is 0 Å². The molecule has 230 valence electrons. The number of benzene rings is 1. The molecule has 0 radical (unpaired) electrons. The molecule has 6 nitrogen and oxygen atoms in total. The summed E-state index contributed by atoms with van der Waals surface area (Å²) in [7, 11) is -3.59. The fourth-order valence-electron chi connectivity index (χ4n) is 8.37. The number of halogens is 1. The Kier molecular flexibility index (Phi) is 10.1.